The van der Waals surface area contributed by atoms with E-state index in [1.165, 1.54) is 0 Å². The second kappa shape index (κ2) is 6.80. The zero-order valence-electron chi connectivity index (χ0n) is 12.7. The molecule has 3 aromatic rings. The normalized spacial score (nSPS) is 11.0. The van der Waals surface area contributed by atoms with Crippen molar-refractivity contribution in [3.8, 4) is 5.82 Å². The Kier molecular flexibility index (Phi) is 4.77. The number of fused-ring (bicyclic) bond motifs is 1. The lowest BCUT2D eigenvalue weighted by atomic mass is 10.2. The quantitative estimate of drug-likeness (QED) is 0.642. The summed E-state index contributed by atoms with van der Waals surface area (Å²) < 4.78 is 2.82. The van der Waals surface area contributed by atoms with Crippen molar-refractivity contribution >= 4 is 54.7 Å². The summed E-state index contributed by atoms with van der Waals surface area (Å²) in [4.78, 5) is 13.0. The van der Waals surface area contributed by atoms with Crippen LogP contribution < -0.4 is 5.32 Å². The second-order valence-corrected chi connectivity index (χ2v) is 8.12. The molecule has 0 bridgehead atoms. The maximum Gasteiger partial charge on any atom is 0.149 e. The van der Waals surface area contributed by atoms with E-state index in [1.807, 2.05) is 35.2 Å². The van der Waals surface area contributed by atoms with E-state index in [1.54, 1.807) is 12.5 Å². The molecule has 0 unspecified atom stereocenters. The molecule has 0 aliphatic carbocycles. The van der Waals surface area contributed by atoms with Crippen LogP contribution in [0.25, 0.3) is 22.9 Å². The van der Waals surface area contributed by atoms with Crippen LogP contribution in [0.2, 0.25) is 0 Å². The number of hydrogen-bond acceptors (Lipinski definition) is 4. The minimum atomic E-state index is 0.315. The van der Waals surface area contributed by atoms with Crippen molar-refractivity contribution in [2.75, 3.05) is 5.32 Å². The molecule has 7 heteroatoms. The van der Waals surface area contributed by atoms with Crippen LogP contribution in [-0.2, 0) is 0 Å². The summed E-state index contributed by atoms with van der Waals surface area (Å²) in [6, 6.07) is 4.32. The second-order valence-electron chi connectivity index (χ2n) is 5.35. The number of aromatic nitrogens is 4. The Hall–Kier alpha value is -1.73. The van der Waals surface area contributed by atoms with Crippen LogP contribution in [0.1, 0.15) is 19.4 Å². The van der Waals surface area contributed by atoms with Gasteiger partial charge in [-0.15, -0.1) is 0 Å². The summed E-state index contributed by atoms with van der Waals surface area (Å²) in [6.45, 7) is 4.21. The van der Waals surface area contributed by atoms with Crippen molar-refractivity contribution in [1.82, 2.24) is 19.5 Å². The summed E-state index contributed by atoms with van der Waals surface area (Å²) in [6.07, 6.45) is 9.11. The molecule has 5 nitrogen and oxygen atoms in total. The van der Waals surface area contributed by atoms with E-state index in [0.29, 0.717) is 6.04 Å². The minimum absolute atomic E-state index is 0.315. The van der Waals surface area contributed by atoms with E-state index in [2.05, 4.69) is 66.0 Å². The predicted molar refractivity (Wildman–Crippen MR) is 101 cm³/mol. The molecule has 3 aromatic heterocycles. The summed E-state index contributed by atoms with van der Waals surface area (Å²) in [5.74, 6) is 0.810. The van der Waals surface area contributed by atoms with Gasteiger partial charge in [0, 0.05) is 47.3 Å². The molecule has 118 valence electrons. The third kappa shape index (κ3) is 3.61. The Labute approximate surface area is 151 Å². The van der Waals surface area contributed by atoms with Gasteiger partial charge in [-0.2, -0.15) is 0 Å². The maximum absolute atomic E-state index is 4.57. The number of nitrogens with one attached hydrogen (secondary N) is 1. The van der Waals surface area contributed by atoms with Crippen LogP contribution in [0.4, 0.5) is 5.69 Å². The Morgan fingerprint density at radius 3 is 2.83 bits per heavy atom. The van der Waals surface area contributed by atoms with Crippen molar-refractivity contribution in [3.05, 3.63) is 46.0 Å². The summed E-state index contributed by atoms with van der Waals surface area (Å²) in [5, 5.41) is 4.44. The van der Waals surface area contributed by atoms with Crippen LogP contribution in [0, 0.1) is 0 Å². The lowest BCUT2D eigenvalue weighted by Crippen LogP contribution is -2.12. The fourth-order valence-electron chi connectivity index (χ4n) is 2.32. The molecular formula is C16H15Br2N5. The van der Waals surface area contributed by atoms with Gasteiger partial charge in [-0.3, -0.25) is 4.57 Å². The molecule has 0 aromatic carbocycles. The fourth-order valence-corrected chi connectivity index (χ4v) is 2.81. The highest BCUT2D eigenvalue weighted by Gasteiger charge is 2.09. The minimum Gasteiger partial charge on any atom is -0.382 e. The Balaban J connectivity index is 2.11. The molecule has 0 aliphatic rings. The third-order valence-electron chi connectivity index (χ3n) is 3.23. The highest BCUT2D eigenvalue weighted by molar-refractivity contribution is 9.28. The van der Waals surface area contributed by atoms with Gasteiger partial charge >= 0.3 is 0 Å². The molecule has 0 radical (unpaired) electrons. The fraction of sp³-hybridized carbons (Fsp3) is 0.188. The maximum atomic E-state index is 4.57. The monoisotopic (exact) mass is 435 g/mol. The molecule has 0 saturated heterocycles. The van der Waals surface area contributed by atoms with Gasteiger partial charge in [-0.05, 0) is 57.8 Å². The average Bonchev–Trinajstić information content (AvgIpc) is 2.92. The van der Waals surface area contributed by atoms with Crippen LogP contribution in [-0.4, -0.2) is 25.6 Å². The van der Waals surface area contributed by atoms with Gasteiger partial charge in [-0.25, -0.2) is 15.0 Å². The van der Waals surface area contributed by atoms with Gasteiger partial charge in [0.2, 0.25) is 0 Å². The Morgan fingerprint density at radius 2 is 2.09 bits per heavy atom. The molecule has 0 saturated carbocycles. The number of pyridine rings is 1. The molecule has 1 N–H and O–H groups in total. The highest BCUT2D eigenvalue weighted by Crippen LogP contribution is 2.26. The number of halogens is 2. The molecule has 3 heterocycles. The SMILES string of the molecule is CC(C)Nc1cc(-n2ccc3cncnc32)ncc1C=C(Br)Br. The van der Waals surface area contributed by atoms with Gasteiger partial charge in [0.25, 0.3) is 0 Å². The van der Waals surface area contributed by atoms with E-state index in [0.717, 1.165) is 31.5 Å². The van der Waals surface area contributed by atoms with Crippen LogP contribution in [0.15, 0.2) is 40.4 Å². The summed E-state index contributed by atoms with van der Waals surface area (Å²) in [7, 11) is 0. The largest absolute Gasteiger partial charge is 0.382 e. The molecule has 0 spiro atoms. The molecule has 0 fully saturated rings. The van der Waals surface area contributed by atoms with Gasteiger partial charge in [-0.1, -0.05) is 0 Å². The first kappa shape index (κ1) is 16.1. The van der Waals surface area contributed by atoms with Crippen LogP contribution in [0.5, 0.6) is 0 Å². The number of anilines is 1. The lowest BCUT2D eigenvalue weighted by molar-refractivity contribution is 0.896. The van der Waals surface area contributed by atoms with Crippen molar-refractivity contribution in [2.24, 2.45) is 0 Å². The van der Waals surface area contributed by atoms with Crippen molar-refractivity contribution in [3.63, 3.8) is 0 Å². The van der Waals surface area contributed by atoms with Crippen molar-refractivity contribution in [1.29, 1.82) is 0 Å². The zero-order valence-corrected chi connectivity index (χ0v) is 15.8. The topological polar surface area (TPSA) is 55.6 Å². The zero-order chi connectivity index (χ0) is 16.4. The van der Waals surface area contributed by atoms with E-state index in [9.17, 15) is 0 Å². The van der Waals surface area contributed by atoms with Crippen LogP contribution >= 0.6 is 31.9 Å². The first-order valence-electron chi connectivity index (χ1n) is 7.11. The molecule has 0 atom stereocenters. The van der Waals surface area contributed by atoms with E-state index in [4.69, 9.17) is 0 Å². The van der Waals surface area contributed by atoms with Gasteiger partial charge < -0.3 is 5.32 Å². The van der Waals surface area contributed by atoms with Gasteiger partial charge in [0.1, 0.15) is 17.8 Å². The highest BCUT2D eigenvalue weighted by atomic mass is 79.9. The standard InChI is InChI=1S/C16H15Br2N5/c1-10(2)22-13-6-15(20-8-12(13)5-14(17)18)23-4-3-11-7-19-9-21-16(11)23/h3-10H,1-2H3,(H,20,22). The van der Waals surface area contributed by atoms with Crippen molar-refractivity contribution < 1.29 is 0 Å². The lowest BCUT2D eigenvalue weighted by Gasteiger charge is -2.15. The van der Waals surface area contributed by atoms with Crippen molar-refractivity contribution in [2.45, 2.75) is 19.9 Å². The number of hydrogen-bond donors (Lipinski definition) is 1. The summed E-state index contributed by atoms with van der Waals surface area (Å²) in [5.41, 5.74) is 2.85. The molecule has 23 heavy (non-hydrogen) atoms. The Morgan fingerprint density at radius 1 is 1.26 bits per heavy atom. The third-order valence-corrected chi connectivity index (χ3v) is 3.68. The van der Waals surface area contributed by atoms with E-state index >= 15 is 0 Å². The first-order valence-corrected chi connectivity index (χ1v) is 8.70. The van der Waals surface area contributed by atoms with E-state index in [-0.39, 0.29) is 0 Å². The van der Waals surface area contributed by atoms with Gasteiger partial charge in [0.05, 0.1) is 3.39 Å². The molecule has 0 aliphatic heterocycles. The van der Waals surface area contributed by atoms with Crippen LogP contribution in [0.3, 0.4) is 0 Å². The smallest absolute Gasteiger partial charge is 0.149 e. The predicted octanol–water partition coefficient (Wildman–Crippen LogP) is 4.72. The Bertz CT molecular complexity index is 866. The summed E-state index contributed by atoms with van der Waals surface area (Å²) >= 11 is 6.80. The van der Waals surface area contributed by atoms with E-state index < -0.39 is 0 Å². The molecular weight excluding hydrogens is 422 g/mol. The van der Waals surface area contributed by atoms with Gasteiger partial charge in [0.15, 0.2) is 0 Å². The molecule has 0 amide bonds. The average molecular weight is 437 g/mol. The first-order chi connectivity index (χ1) is 11.0. The number of nitrogens with zero attached hydrogens (tertiary/aromatic N) is 4. The number of rotatable bonds is 4. The molecule has 3 rings (SSSR count).